The molecule has 0 bridgehead atoms. The van der Waals surface area contributed by atoms with Crippen LogP contribution in [0.1, 0.15) is 16.1 Å². The van der Waals surface area contributed by atoms with Crippen LogP contribution in [-0.4, -0.2) is 10.9 Å². The van der Waals surface area contributed by atoms with Crippen molar-refractivity contribution in [2.75, 3.05) is 10.6 Å². The number of rotatable bonds is 4. The molecule has 6 heteroatoms. The second-order valence-electron chi connectivity index (χ2n) is 5.47. The van der Waals surface area contributed by atoms with Gasteiger partial charge in [0.2, 0.25) is 0 Å². The van der Waals surface area contributed by atoms with Crippen molar-refractivity contribution in [3.05, 3.63) is 83.7 Å². The summed E-state index contributed by atoms with van der Waals surface area (Å²) in [5, 5.41) is 5.35. The summed E-state index contributed by atoms with van der Waals surface area (Å²) in [6.07, 6.45) is 1.48. The van der Waals surface area contributed by atoms with Gasteiger partial charge in [-0.15, -0.1) is 0 Å². The number of nitrogens with zero attached hydrogens (tertiary/aromatic N) is 1. The fourth-order valence-electron chi connectivity index (χ4n) is 2.20. The lowest BCUT2D eigenvalue weighted by Crippen LogP contribution is -2.15. The number of carbonyl (C=O) groups is 1. The van der Waals surface area contributed by atoms with E-state index in [0.29, 0.717) is 5.69 Å². The van der Waals surface area contributed by atoms with Crippen LogP contribution in [0.15, 0.2) is 60.8 Å². The Hall–Kier alpha value is -3.28. The standard InChI is InChI=1S/C19H15F2N3O/c1-12-5-7-13(8-6-12)23-14-9-10-17(22-11-14)19(25)24-18-15(20)3-2-4-16(18)21/h2-11,23H,1H3,(H,24,25). The highest BCUT2D eigenvalue weighted by Crippen LogP contribution is 2.20. The van der Waals surface area contributed by atoms with E-state index in [4.69, 9.17) is 0 Å². The summed E-state index contributed by atoms with van der Waals surface area (Å²) >= 11 is 0. The van der Waals surface area contributed by atoms with Crippen LogP contribution in [-0.2, 0) is 0 Å². The van der Waals surface area contributed by atoms with Crippen LogP contribution in [0.25, 0.3) is 0 Å². The van der Waals surface area contributed by atoms with Crippen molar-refractivity contribution in [1.29, 1.82) is 0 Å². The number of hydrogen-bond acceptors (Lipinski definition) is 3. The fraction of sp³-hybridized carbons (Fsp3) is 0.0526. The van der Waals surface area contributed by atoms with Gasteiger partial charge < -0.3 is 10.6 Å². The number of aromatic nitrogens is 1. The number of hydrogen-bond donors (Lipinski definition) is 2. The zero-order valence-electron chi connectivity index (χ0n) is 13.4. The number of para-hydroxylation sites is 1. The summed E-state index contributed by atoms with van der Waals surface area (Å²) in [5.41, 5.74) is 2.29. The molecule has 0 radical (unpaired) electrons. The second-order valence-corrected chi connectivity index (χ2v) is 5.47. The lowest BCUT2D eigenvalue weighted by Gasteiger charge is -2.09. The van der Waals surface area contributed by atoms with Crippen molar-refractivity contribution in [2.45, 2.75) is 6.92 Å². The Balaban J connectivity index is 1.71. The molecular formula is C19H15F2N3O. The van der Waals surface area contributed by atoms with Crippen LogP contribution < -0.4 is 10.6 Å². The monoisotopic (exact) mass is 339 g/mol. The molecule has 0 spiro atoms. The minimum atomic E-state index is -0.842. The Morgan fingerprint density at radius 2 is 1.56 bits per heavy atom. The molecule has 2 aromatic carbocycles. The number of nitrogens with one attached hydrogen (secondary N) is 2. The van der Waals surface area contributed by atoms with Crippen molar-refractivity contribution < 1.29 is 13.6 Å². The molecule has 0 fully saturated rings. The van der Waals surface area contributed by atoms with Crippen molar-refractivity contribution in [3.8, 4) is 0 Å². The predicted octanol–water partition coefficient (Wildman–Crippen LogP) is 4.66. The van der Waals surface area contributed by atoms with E-state index in [-0.39, 0.29) is 5.69 Å². The van der Waals surface area contributed by atoms with E-state index in [1.807, 2.05) is 31.2 Å². The van der Waals surface area contributed by atoms with Crippen molar-refractivity contribution in [1.82, 2.24) is 4.98 Å². The van der Waals surface area contributed by atoms with Crippen molar-refractivity contribution in [2.24, 2.45) is 0 Å². The minimum Gasteiger partial charge on any atom is -0.354 e. The Morgan fingerprint density at radius 1 is 0.920 bits per heavy atom. The zero-order valence-corrected chi connectivity index (χ0v) is 13.4. The first kappa shape index (κ1) is 16.6. The van der Waals surface area contributed by atoms with Gasteiger partial charge in [0.05, 0.1) is 11.9 Å². The second kappa shape index (κ2) is 7.09. The van der Waals surface area contributed by atoms with Crippen LogP contribution in [0, 0.1) is 18.6 Å². The summed E-state index contributed by atoms with van der Waals surface area (Å²) in [6.45, 7) is 2.00. The largest absolute Gasteiger partial charge is 0.354 e. The van der Waals surface area contributed by atoms with Crippen LogP contribution in [0.2, 0.25) is 0 Å². The van der Waals surface area contributed by atoms with E-state index in [2.05, 4.69) is 15.6 Å². The molecule has 1 amide bonds. The van der Waals surface area contributed by atoms with Gasteiger partial charge >= 0.3 is 0 Å². The van der Waals surface area contributed by atoms with Gasteiger partial charge in [-0.05, 0) is 43.3 Å². The molecule has 3 aromatic rings. The smallest absolute Gasteiger partial charge is 0.274 e. The molecule has 0 aliphatic rings. The molecular weight excluding hydrogens is 324 g/mol. The molecule has 25 heavy (non-hydrogen) atoms. The third-order valence-electron chi connectivity index (χ3n) is 3.54. The lowest BCUT2D eigenvalue weighted by molar-refractivity contribution is 0.102. The molecule has 0 aliphatic heterocycles. The third kappa shape index (κ3) is 3.98. The maximum atomic E-state index is 13.6. The molecule has 1 heterocycles. The van der Waals surface area contributed by atoms with E-state index < -0.39 is 23.2 Å². The van der Waals surface area contributed by atoms with Crippen LogP contribution >= 0.6 is 0 Å². The van der Waals surface area contributed by atoms with Gasteiger partial charge in [-0.1, -0.05) is 23.8 Å². The van der Waals surface area contributed by atoms with Gasteiger partial charge in [0, 0.05) is 5.69 Å². The summed E-state index contributed by atoms with van der Waals surface area (Å²) in [7, 11) is 0. The molecule has 126 valence electrons. The quantitative estimate of drug-likeness (QED) is 0.727. The molecule has 0 saturated carbocycles. The van der Waals surface area contributed by atoms with Crippen LogP contribution in [0.3, 0.4) is 0 Å². The van der Waals surface area contributed by atoms with E-state index >= 15 is 0 Å². The van der Waals surface area contributed by atoms with Crippen molar-refractivity contribution in [3.63, 3.8) is 0 Å². The number of halogens is 2. The highest BCUT2D eigenvalue weighted by atomic mass is 19.1. The Morgan fingerprint density at radius 3 is 2.16 bits per heavy atom. The molecule has 0 atom stereocenters. The average Bonchev–Trinajstić information content (AvgIpc) is 2.61. The van der Waals surface area contributed by atoms with Gasteiger partial charge in [-0.3, -0.25) is 4.79 Å². The normalized spacial score (nSPS) is 10.4. The number of pyridine rings is 1. The average molecular weight is 339 g/mol. The zero-order chi connectivity index (χ0) is 17.8. The highest BCUT2D eigenvalue weighted by Gasteiger charge is 2.14. The highest BCUT2D eigenvalue weighted by molar-refractivity contribution is 6.03. The van der Waals surface area contributed by atoms with Gasteiger partial charge in [0.15, 0.2) is 0 Å². The molecule has 1 aromatic heterocycles. The van der Waals surface area contributed by atoms with Gasteiger partial charge in [0.1, 0.15) is 23.0 Å². The first-order valence-corrected chi connectivity index (χ1v) is 7.58. The summed E-state index contributed by atoms with van der Waals surface area (Å²) < 4.78 is 27.2. The fourth-order valence-corrected chi connectivity index (χ4v) is 2.20. The van der Waals surface area contributed by atoms with E-state index in [0.717, 1.165) is 23.4 Å². The Labute approximate surface area is 143 Å². The number of aryl methyl sites for hydroxylation is 1. The van der Waals surface area contributed by atoms with Crippen molar-refractivity contribution >= 4 is 23.0 Å². The first-order chi connectivity index (χ1) is 12.0. The Bertz CT molecular complexity index is 873. The maximum absolute atomic E-state index is 13.6. The topological polar surface area (TPSA) is 54.0 Å². The minimum absolute atomic E-state index is 0.0529. The van der Waals surface area contributed by atoms with Gasteiger partial charge in [-0.2, -0.15) is 0 Å². The van der Waals surface area contributed by atoms with Gasteiger partial charge in [0.25, 0.3) is 5.91 Å². The molecule has 0 aliphatic carbocycles. The van der Waals surface area contributed by atoms with E-state index in [1.165, 1.54) is 18.3 Å². The summed E-state index contributed by atoms with van der Waals surface area (Å²) in [6, 6.07) is 14.3. The molecule has 3 rings (SSSR count). The third-order valence-corrected chi connectivity index (χ3v) is 3.54. The van der Waals surface area contributed by atoms with Crippen LogP contribution in [0.4, 0.5) is 25.8 Å². The summed E-state index contributed by atoms with van der Waals surface area (Å²) in [5.74, 6) is -2.37. The number of benzene rings is 2. The first-order valence-electron chi connectivity index (χ1n) is 7.58. The molecule has 2 N–H and O–H groups in total. The number of amides is 1. The van der Waals surface area contributed by atoms with E-state index in [9.17, 15) is 13.6 Å². The van der Waals surface area contributed by atoms with Gasteiger partial charge in [-0.25, -0.2) is 13.8 Å². The molecule has 0 unspecified atom stereocenters. The lowest BCUT2D eigenvalue weighted by atomic mass is 10.2. The molecule has 4 nitrogen and oxygen atoms in total. The van der Waals surface area contributed by atoms with Crippen LogP contribution in [0.5, 0.6) is 0 Å². The Kier molecular flexibility index (Phi) is 4.70. The predicted molar refractivity (Wildman–Crippen MR) is 93.0 cm³/mol. The molecule has 0 saturated heterocycles. The summed E-state index contributed by atoms with van der Waals surface area (Å²) in [4.78, 5) is 16.1. The number of carbonyl (C=O) groups excluding carboxylic acids is 1. The number of anilines is 3. The maximum Gasteiger partial charge on any atom is 0.274 e. The van der Waals surface area contributed by atoms with E-state index in [1.54, 1.807) is 6.07 Å². The SMILES string of the molecule is Cc1ccc(Nc2ccc(C(=O)Nc3c(F)cccc3F)nc2)cc1.